The van der Waals surface area contributed by atoms with Gasteiger partial charge >= 0.3 is 12.2 Å². The summed E-state index contributed by atoms with van der Waals surface area (Å²) in [5, 5.41) is 4.58. The summed E-state index contributed by atoms with van der Waals surface area (Å²) < 4.78 is 43.0. The molecule has 0 aliphatic rings. The Hall–Kier alpha value is -1.92. The van der Waals surface area contributed by atoms with E-state index in [1.807, 2.05) is 0 Å². The third kappa shape index (κ3) is 3.06. The number of nitrogens with one attached hydrogen (secondary N) is 2. The first kappa shape index (κ1) is 14.1. The van der Waals surface area contributed by atoms with Crippen LogP contribution in [0.25, 0.3) is 0 Å². The lowest BCUT2D eigenvalue weighted by Gasteiger charge is -2.16. The minimum atomic E-state index is -4.54. The number of rotatable bonds is 2. The Morgan fingerprint density at radius 2 is 1.94 bits per heavy atom. The van der Waals surface area contributed by atoms with E-state index in [2.05, 4.69) is 10.6 Å². The van der Waals surface area contributed by atoms with Crippen molar-refractivity contribution in [2.24, 2.45) is 0 Å². The number of hydrogen-bond acceptors (Lipinski definition) is 2. The molecule has 2 N–H and O–H groups in total. The summed E-state index contributed by atoms with van der Waals surface area (Å²) in [6.07, 6.45) is -4.54. The van der Waals surface area contributed by atoms with Crippen LogP contribution in [-0.2, 0) is 6.18 Å². The molecule has 1 rings (SSSR count). The Morgan fingerprint density at radius 3 is 2.39 bits per heavy atom. The quantitative estimate of drug-likeness (QED) is 0.861. The fourth-order valence-electron chi connectivity index (χ4n) is 1.39. The highest BCUT2D eigenvalue weighted by Crippen LogP contribution is 2.39. The summed E-state index contributed by atoms with van der Waals surface area (Å²) in [5.41, 5.74) is -0.368. The molecule has 4 nitrogen and oxygen atoms in total. The van der Waals surface area contributed by atoms with Crippen LogP contribution >= 0.6 is 0 Å². The number of alkyl halides is 3. The van der Waals surface area contributed by atoms with Gasteiger partial charge in [-0.3, -0.25) is 0 Å². The van der Waals surface area contributed by atoms with Gasteiger partial charge in [-0.05, 0) is 24.6 Å². The maximum absolute atomic E-state index is 12.8. The summed E-state index contributed by atoms with van der Waals surface area (Å²) in [5.74, 6) is -0.276. The first-order chi connectivity index (χ1) is 8.29. The van der Waals surface area contributed by atoms with Gasteiger partial charge in [0.15, 0.2) is 0 Å². The largest absolute Gasteiger partial charge is 0.496 e. The van der Waals surface area contributed by atoms with Crippen LogP contribution < -0.4 is 15.4 Å². The number of halogens is 3. The molecule has 0 aromatic heterocycles. The average molecular weight is 262 g/mol. The smallest absolute Gasteiger partial charge is 0.420 e. The Balaban J connectivity index is 3.26. The Bertz CT molecular complexity index is 458. The predicted octanol–water partition coefficient (Wildman–Crippen LogP) is 2.77. The van der Waals surface area contributed by atoms with Crippen molar-refractivity contribution in [1.82, 2.24) is 5.32 Å². The molecule has 0 aliphatic carbocycles. The fraction of sp³-hybridized carbons (Fsp3) is 0.364. The van der Waals surface area contributed by atoms with Crippen LogP contribution in [0.5, 0.6) is 5.75 Å². The second-order valence-corrected chi connectivity index (χ2v) is 3.57. The molecule has 0 fully saturated rings. The monoisotopic (exact) mass is 262 g/mol. The number of ether oxygens (including phenoxy) is 1. The number of aryl methyl sites for hydroxylation is 1. The van der Waals surface area contributed by atoms with Crippen molar-refractivity contribution in [1.29, 1.82) is 0 Å². The summed E-state index contributed by atoms with van der Waals surface area (Å²) in [6.45, 7) is 1.58. The second-order valence-electron chi connectivity index (χ2n) is 3.57. The van der Waals surface area contributed by atoms with Crippen molar-refractivity contribution in [3.8, 4) is 5.75 Å². The zero-order chi connectivity index (χ0) is 13.9. The highest BCUT2D eigenvalue weighted by molar-refractivity contribution is 5.90. The molecule has 0 aliphatic heterocycles. The summed E-state index contributed by atoms with van der Waals surface area (Å²) in [6, 6.07) is 1.49. The highest BCUT2D eigenvalue weighted by Gasteiger charge is 2.35. The lowest BCUT2D eigenvalue weighted by Crippen LogP contribution is -2.25. The van der Waals surface area contributed by atoms with Crippen molar-refractivity contribution in [3.05, 3.63) is 23.3 Å². The van der Waals surface area contributed by atoms with E-state index in [9.17, 15) is 18.0 Å². The van der Waals surface area contributed by atoms with E-state index in [1.165, 1.54) is 13.1 Å². The van der Waals surface area contributed by atoms with E-state index in [4.69, 9.17) is 4.74 Å². The van der Waals surface area contributed by atoms with Gasteiger partial charge < -0.3 is 15.4 Å². The first-order valence-corrected chi connectivity index (χ1v) is 5.04. The molecule has 0 radical (unpaired) electrons. The molecular weight excluding hydrogens is 249 g/mol. The first-order valence-electron chi connectivity index (χ1n) is 5.04. The van der Waals surface area contributed by atoms with Gasteiger partial charge in [-0.1, -0.05) is 0 Å². The van der Waals surface area contributed by atoms with Gasteiger partial charge in [0.05, 0.1) is 12.7 Å². The average Bonchev–Trinajstić information content (AvgIpc) is 2.29. The van der Waals surface area contributed by atoms with Crippen molar-refractivity contribution in [2.45, 2.75) is 13.1 Å². The van der Waals surface area contributed by atoms with Crippen molar-refractivity contribution < 1.29 is 22.7 Å². The van der Waals surface area contributed by atoms with E-state index in [1.54, 1.807) is 6.92 Å². The molecular formula is C11H13F3N2O2. The molecule has 0 bridgehead atoms. The minimum Gasteiger partial charge on any atom is -0.496 e. The number of amides is 2. The molecule has 100 valence electrons. The van der Waals surface area contributed by atoms with Crippen LogP contribution in [0.1, 0.15) is 11.1 Å². The third-order valence-electron chi connectivity index (χ3n) is 2.33. The molecule has 1 aromatic carbocycles. The Kier molecular flexibility index (Phi) is 4.05. The van der Waals surface area contributed by atoms with Crippen molar-refractivity contribution >= 4 is 11.7 Å². The predicted molar refractivity (Wildman–Crippen MR) is 60.8 cm³/mol. The maximum atomic E-state index is 12.8. The zero-order valence-electron chi connectivity index (χ0n) is 10.1. The van der Waals surface area contributed by atoms with Crippen LogP contribution in [0.3, 0.4) is 0 Å². The van der Waals surface area contributed by atoms with E-state index >= 15 is 0 Å². The number of methoxy groups -OCH3 is 1. The van der Waals surface area contributed by atoms with Gasteiger partial charge in [-0.15, -0.1) is 0 Å². The number of carbonyl (C=O) groups is 1. The fourth-order valence-corrected chi connectivity index (χ4v) is 1.39. The van der Waals surface area contributed by atoms with Gasteiger partial charge in [0.1, 0.15) is 5.75 Å². The number of anilines is 1. The normalized spacial score (nSPS) is 11.0. The Morgan fingerprint density at radius 1 is 1.33 bits per heavy atom. The van der Waals surface area contributed by atoms with Crippen LogP contribution in [0, 0.1) is 6.92 Å². The number of urea groups is 1. The summed E-state index contributed by atoms with van der Waals surface area (Å²) >= 11 is 0. The lowest BCUT2D eigenvalue weighted by molar-refractivity contribution is -0.138. The Labute approximate surface area is 102 Å². The molecule has 0 heterocycles. The van der Waals surface area contributed by atoms with Gasteiger partial charge in [0.2, 0.25) is 0 Å². The zero-order valence-corrected chi connectivity index (χ0v) is 10.1. The van der Waals surface area contributed by atoms with Gasteiger partial charge in [-0.2, -0.15) is 13.2 Å². The van der Waals surface area contributed by atoms with Crippen LogP contribution in [0.4, 0.5) is 23.7 Å². The second kappa shape index (κ2) is 5.16. The molecule has 7 heteroatoms. The molecule has 0 atom stereocenters. The van der Waals surface area contributed by atoms with E-state index in [-0.39, 0.29) is 11.4 Å². The van der Waals surface area contributed by atoms with Gasteiger partial charge in [0.25, 0.3) is 0 Å². The lowest BCUT2D eigenvalue weighted by atomic mass is 10.1. The SMILES string of the molecule is CNC(=O)Nc1cc(C(F)(F)F)c(OC)cc1C. The molecule has 0 unspecified atom stereocenters. The molecule has 2 amide bonds. The molecule has 18 heavy (non-hydrogen) atoms. The van der Waals surface area contributed by atoms with Gasteiger partial charge in [0, 0.05) is 12.7 Å². The van der Waals surface area contributed by atoms with Crippen LogP contribution in [0.2, 0.25) is 0 Å². The molecule has 0 saturated heterocycles. The molecule has 0 saturated carbocycles. The summed E-state index contributed by atoms with van der Waals surface area (Å²) in [4.78, 5) is 11.1. The number of hydrogen-bond donors (Lipinski definition) is 2. The minimum absolute atomic E-state index is 0.0856. The third-order valence-corrected chi connectivity index (χ3v) is 2.33. The van der Waals surface area contributed by atoms with E-state index < -0.39 is 17.8 Å². The summed E-state index contributed by atoms with van der Waals surface area (Å²) in [7, 11) is 2.54. The number of carbonyl (C=O) groups excluding carboxylic acids is 1. The highest BCUT2D eigenvalue weighted by atomic mass is 19.4. The van der Waals surface area contributed by atoms with Crippen LogP contribution in [0.15, 0.2) is 12.1 Å². The van der Waals surface area contributed by atoms with Crippen molar-refractivity contribution in [3.63, 3.8) is 0 Å². The standard InChI is InChI=1S/C11H13F3N2O2/c1-6-4-9(18-3)7(11(12,13)14)5-8(6)16-10(17)15-2/h4-5H,1-3H3,(H2,15,16,17). The molecule has 0 spiro atoms. The van der Waals surface area contributed by atoms with E-state index in [0.29, 0.717) is 5.56 Å². The maximum Gasteiger partial charge on any atom is 0.420 e. The van der Waals surface area contributed by atoms with E-state index in [0.717, 1.165) is 13.2 Å². The molecule has 1 aromatic rings. The topological polar surface area (TPSA) is 50.4 Å². The van der Waals surface area contributed by atoms with Gasteiger partial charge in [-0.25, -0.2) is 4.79 Å². The van der Waals surface area contributed by atoms with Crippen LogP contribution in [-0.4, -0.2) is 20.2 Å². The number of benzene rings is 1. The van der Waals surface area contributed by atoms with Crippen molar-refractivity contribution in [2.75, 3.05) is 19.5 Å².